The van der Waals surface area contributed by atoms with Crippen LogP contribution in [0.25, 0.3) is 0 Å². The van der Waals surface area contributed by atoms with Crippen LogP contribution in [0, 0.1) is 5.21 Å². The number of hydrogen-bond donors (Lipinski definition) is 0. The minimum Gasteiger partial charge on any atom is -0.619 e. The van der Waals surface area contributed by atoms with E-state index in [0.717, 1.165) is 0 Å². The Morgan fingerprint density at radius 2 is 2.29 bits per heavy atom. The molecule has 1 aliphatic heterocycles. The lowest BCUT2D eigenvalue weighted by Crippen LogP contribution is -2.26. The lowest BCUT2D eigenvalue weighted by atomic mass is 10.1. The molecule has 0 aliphatic carbocycles. The van der Waals surface area contributed by atoms with Crippen LogP contribution in [0.3, 0.4) is 0 Å². The van der Waals surface area contributed by atoms with Crippen LogP contribution in [0.4, 0.5) is 0 Å². The minimum absolute atomic E-state index is 0.241. The number of rotatable bonds is 1. The summed E-state index contributed by atoms with van der Waals surface area (Å²) < 4.78 is 23.8. The Kier molecular flexibility index (Phi) is 2.19. The van der Waals surface area contributed by atoms with Gasteiger partial charge in [0.15, 0.2) is 22.2 Å². The third-order valence-corrected chi connectivity index (χ3v) is 4.73. The zero-order valence-corrected chi connectivity index (χ0v) is 8.40. The van der Waals surface area contributed by atoms with Crippen LogP contribution < -0.4 is 4.73 Å². The molecule has 2 heterocycles. The number of hydrogen-bond acceptors (Lipinski definition) is 3. The van der Waals surface area contributed by atoms with Gasteiger partial charge in [-0.05, 0) is 18.9 Å². The smallest absolute Gasteiger partial charge is 0.184 e. The molecule has 0 aromatic carbocycles. The van der Waals surface area contributed by atoms with E-state index in [2.05, 4.69) is 0 Å². The fourth-order valence-electron chi connectivity index (χ4n) is 1.83. The van der Waals surface area contributed by atoms with Crippen molar-refractivity contribution in [3.63, 3.8) is 0 Å². The van der Waals surface area contributed by atoms with Crippen molar-refractivity contribution in [2.24, 2.45) is 0 Å². The first-order valence-electron chi connectivity index (χ1n) is 4.50. The summed E-state index contributed by atoms with van der Waals surface area (Å²) in [6.45, 7) is 0. The summed E-state index contributed by atoms with van der Waals surface area (Å²) in [4.78, 5) is 0. The largest absolute Gasteiger partial charge is 0.619 e. The molecule has 1 atom stereocenters. The minimum atomic E-state index is -3.01. The SMILES string of the molecule is O=S1(=O)CCC[C@@H]1c1ccc[n+]([O-])c1. The van der Waals surface area contributed by atoms with E-state index in [1.807, 2.05) is 0 Å². The molecule has 0 radical (unpaired) electrons. The first-order chi connectivity index (χ1) is 6.59. The summed E-state index contributed by atoms with van der Waals surface area (Å²) >= 11 is 0. The maximum atomic E-state index is 11.6. The van der Waals surface area contributed by atoms with Crippen LogP contribution in [-0.2, 0) is 9.84 Å². The van der Waals surface area contributed by atoms with Crippen molar-refractivity contribution in [3.8, 4) is 0 Å². The van der Waals surface area contributed by atoms with Crippen molar-refractivity contribution in [3.05, 3.63) is 35.3 Å². The number of sulfone groups is 1. The molecule has 1 aromatic heterocycles. The Bertz CT molecular complexity index is 441. The van der Waals surface area contributed by atoms with Gasteiger partial charge in [-0.2, -0.15) is 4.73 Å². The van der Waals surface area contributed by atoms with Crippen LogP contribution in [0.5, 0.6) is 0 Å². The van der Waals surface area contributed by atoms with E-state index in [0.29, 0.717) is 23.1 Å². The van der Waals surface area contributed by atoms with Gasteiger partial charge in [-0.25, -0.2) is 8.42 Å². The van der Waals surface area contributed by atoms with Gasteiger partial charge in [-0.15, -0.1) is 0 Å². The van der Waals surface area contributed by atoms with E-state index in [1.54, 1.807) is 12.1 Å². The Labute approximate surface area is 82.7 Å². The third kappa shape index (κ3) is 1.59. The van der Waals surface area contributed by atoms with Gasteiger partial charge in [-0.1, -0.05) is 0 Å². The van der Waals surface area contributed by atoms with Gasteiger partial charge in [0.25, 0.3) is 0 Å². The molecule has 5 heteroatoms. The quantitative estimate of drug-likeness (QED) is 0.506. The first kappa shape index (κ1) is 9.45. The van der Waals surface area contributed by atoms with Gasteiger partial charge < -0.3 is 5.21 Å². The van der Waals surface area contributed by atoms with Gasteiger partial charge in [0.05, 0.1) is 11.0 Å². The predicted octanol–water partition coefficient (Wildman–Crippen LogP) is 0.570. The molecule has 4 nitrogen and oxygen atoms in total. The molecule has 2 rings (SSSR count). The fourth-order valence-corrected chi connectivity index (χ4v) is 3.76. The van der Waals surface area contributed by atoms with Gasteiger partial charge >= 0.3 is 0 Å². The zero-order chi connectivity index (χ0) is 10.2. The molecule has 0 spiro atoms. The molecule has 1 saturated heterocycles. The zero-order valence-electron chi connectivity index (χ0n) is 7.59. The Hall–Kier alpha value is -1.10. The monoisotopic (exact) mass is 213 g/mol. The standard InChI is InChI=1S/C9H11NO3S/c11-10-5-1-3-8(7-10)9-4-2-6-14(9,12)13/h1,3,5,7,9H,2,4,6H2/t9-/m1/s1. The molecule has 0 saturated carbocycles. The lowest BCUT2D eigenvalue weighted by molar-refractivity contribution is -0.605. The molecule has 76 valence electrons. The van der Waals surface area contributed by atoms with Crippen molar-refractivity contribution in [2.75, 3.05) is 5.75 Å². The Balaban J connectivity index is 2.41. The van der Waals surface area contributed by atoms with Crippen LogP contribution in [0.1, 0.15) is 23.7 Å². The van der Waals surface area contributed by atoms with E-state index >= 15 is 0 Å². The van der Waals surface area contributed by atoms with Gasteiger partial charge in [0.2, 0.25) is 0 Å². The van der Waals surface area contributed by atoms with Gasteiger partial charge in [-0.3, -0.25) is 0 Å². The molecule has 0 N–H and O–H groups in total. The van der Waals surface area contributed by atoms with E-state index in [4.69, 9.17) is 0 Å². The second-order valence-corrected chi connectivity index (χ2v) is 5.80. The van der Waals surface area contributed by atoms with Crippen LogP contribution >= 0.6 is 0 Å². The van der Waals surface area contributed by atoms with Gasteiger partial charge in [0.1, 0.15) is 0 Å². The van der Waals surface area contributed by atoms with Crippen molar-refractivity contribution < 1.29 is 13.1 Å². The van der Waals surface area contributed by atoms with E-state index in [-0.39, 0.29) is 5.75 Å². The number of nitrogens with zero attached hydrogens (tertiary/aromatic N) is 1. The maximum absolute atomic E-state index is 11.6. The van der Waals surface area contributed by atoms with E-state index < -0.39 is 15.1 Å². The van der Waals surface area contributed by atoms with Crippen molar-refractivity contribution in [1.29, 1.82) is 0 Å². The predicted molar refractivity (Wildman–Crippen MR) is 51.2 cm³/mol. The number of pyridine rings is 1. The van der Waals surface area contributed by atoms with Crippen molar-refractivity contribution in [1.82, 2.24) is 0 Å². The highest BCUT2D eigenvalue weighted by atomic mass is 32.2. The summed E-state index contributed by atoms with van der Waals surface area (Å²) in [7, 11) is -3.01. The third-order valence-electron chi connectivity index (χ3n) is 2.50. The summed E-state index contributed by atoms with van der Waals surface area (Å²) in [5.74, 6) is 0.241. The molecular weight excluding hydrogens is 202 g/mol. The maximum Gasteiger partial charge on any atom is 0.184 e. The molecule has 1 aromatic rings. The highest BCUT2D eigenvalue weighted by Gasteiger charge is 2.33. The summed E-state index contributed by atoms with van der Waals surface area (Å²) in [6, 6.07) is 3.28. The Morgan fingerprint density at radius 3 is 2.86 bits per heavy atom. The lowest BCUT2D eigenvalue weighted by Gasteiger charge is -2.07. The molecule has 1 aliphatic rings. The average molecular weight is 213 g/mol. The second kappa shape index (κ2) is 3.24. The summed E-state index contributed by atoms with van der Waals surface area (Å²) in [6.07, 6.45) is 4.02. The fraction of sp³-hybridized carbons (Fsp3) is 0.444. The van der Waals surface area contributed by atoms with E-state index in [1.165, 1.54) is 12.4 Å². The van der Waals surface area contributed by atoms with Crippen molar-refractivity contribution >= 4 is 9.84 Å². The van der Waals surface area contributed by atoms with Crippen LogP contribution in [0.15, 0.2) is 24.5 Å². The molecule has 14 heavy (non-hydrogen) atoms. The van der Waals surface area contributed by atoms with Crippen molar-refractivity contribution in [2.45, 2.75) is 18.1 Å². The molecule has 1 fully saturated rings. The van der Waals surface area contributed by atoms with Crippen LogP contribution in [0.2, 0.25) is 0 Å². The van der Waals surface area contributed by atoms with Gasteiger partial charge in [0, 0.05) is 11.6 Å². The summed E-state index contributed by atoms with van der Waals surface area (Å²) in [5.41, 5.74) is 0.611. The number of aromatic nitrogens is 1. The highest BCUT2D eigenvalue weighted by Crippen LogP contribution is 2.33. The highest BCUT2D eigenvalue weighted by molar-refractivity contribution is 7.91. The Morgan fingerprint density at radius 1 is 1.50 bits per heavy atom. The average Bonchev–Trinajstić information content (AvgIpc) is 2.45. The molecule has 0 unspecified atom stereocenters. The molecular formula is C9H11NO3S. The first-order valence-corrected chi connectivity index (χ1v) is 6.21. The molecule has 0 bridgehead atoms. The summed E-state index contributed by atoms with van der Waals surface area (Å²) in [5, 5.41) is 10.5. The van der Waals surface area contributed by atoms with E-state index in [9.17, 15) is 13.6 Å². The molecule has 0 amide bonds. The normalized spacial score (nSPS) is 25.0. The topological polar surface area (TPSA) is 61.1 Å². The second-order valence-electron chi connectivity index (χ2n) is 3.50. The van der Waals surface area contributed by atoms with Crippen LogP contribution in [-0.4, -0.2) is 14.2 Å².